The minimum absolute atomic E-state index is 0.189. The van der Waals surface area contributed by atoms with Crippen molar-refractivity contribution in [3.8, 4) is 5.82 Å². The van der Waals surface area contributed by atoms with Crippen LogP contribution in [0.5, 0.6) is 0 Å². The Morgan fingerprint density at radius 3 is 2.70 bits per heavy atom. The van der Waals surface area contributed by atoms with Gasteiger partial charge in [-0.1, -0.05) is 17.8 Å². The second-order valence-corrected chi connectivity index (χ2v) is 7.34. The standard InChI is InChI=1S/C20H20N8OS/c1-3-4-16-19(30-27-26-16)20(29)25-15-7-5-14(6-8-15)24-17-11-18(23-13(2)22-17)28-10-9-21-12-28/h5-12H,3-4H2,1-2H3,(H,25,29)(H,22,23,24). The zero-order valence-corrected chi connectivity index (χ0v) is 17.3. The molecule has 152 valence electrons. The lowest BCUT2D eigenvalue weighted by Gasteiger charge is -2.10. The van der Waals surface area contributed by atoms with Gasteiger partial charge in [-0.15, -0.1) is 5.10 Å². The molecule has 3 heterocycles. The zero-order valence-electron chi connectivity index (χ0n) is 16.5. The quantitative estimate of drug-likeness (QED) is 0.468. The molecule has 9 nitrogen and oxygen atoms in total. The third-order valence-corrected chi connectivity index (χ3v) is 5.02. The van der Waals surface area contributed by atoms with Gasteiger partial charge >= 0.3 is 0 Å². The molecular weight excluding hydrogens is 400 g/mol. The van der Waals surface area contributed by atoms with Crippen LogP contribution in [0.15, 0.2) is 49.1 Å². The maximum Gasteiger partial charge on any atom is 0.269 e. The van der Waals surface area contributed by atoms with Crippen LogP contribution in [0.4, 0.5) is 17.2 Å². The van der Waals surface area contributed by atoms with Crippen molar-refractivity contribution in [2.24, 2.45) is 0 Å². The van der Waals surface area contributed by atoms with Gasteiger partial charge in [-0.25, -0.2) is 15.0 Å². The monoisotopic (exact) mass is 420 g/mol. The van der Waals surface area contributed by atoms with E-state index in [2.05, 4.69) is 35.2 Å². The maximum absolute atomic E-state index is 12.5. The molecule has 0 aliphatic rings. The molecule has 3 aromatic heterocycles. The summed E-state index contributed by atoms with van der Waals surface area (Å²) in [5.74, 6) is 1.86. The molecule has 4 rings (SSSR count). The number of aryl methyl sites for hydroxylation is 2. The Bertz CT molecular complexity index is 1140. The molecule has 0 spiro atoms. The van der Waals surface area contributed by atoms with Crippen molar-refractivity contribution >= 4 is 34.6 Å². The van der Waals surface area contributed by atoms with E-state index in [1.165, 1.54) is 0 Å². The Hall–Kier alpha value is -3.66. The van der Waals surface area contributed by atoms with E-state index in [-0.39, 0.29) is 5.91 Å². The summed E-state index contributed by atoms with van der Waals surface area (Å²) in [6, 6.07) is 9.26. The molecule has 30 heavy (non-hydrogen) atoms. The third-order valence-electron chi connectivity index (χ3n) is 4.26. The van der Waals surface area contributed by atoms with Crippen LogP contribution in [0.1, 0.15) is 34.5 Å². The number of hydrogen-bond donors (Lipinski definition) is 2. The largest absolute Gasteiger partial charge is 0.340 e. The van der Waals surface area contributed by atoms with Gasteiger partial charge in [-0.2, -0.15) is 0 Å². The van der Waals surface area contributed by atoms with Gasteiger partial charge in [-0.3, -0.25) is 9.36 Å². The van der Waals surface area contributed by atoms with E-state index in [1.807, 2.05) is 54.9 Å². The van der Waals surface area contributed by atoms with Crippen molar-refractivity contribution in [1.29, 1.82) is 0 Å². The maximum atomic E-state index is 12.5. The van der Waals surface area contributed by atoms with Gasteiger partial charge < -0.3 is 10.6 Å². The number of imidazole rings is 1. The van der Waals surface area contributed by atoms with E-state index in [4.69, 9.17) is 0 Å². The van der Waals surface area contributed by atoms with Crippen molar-refractivity contribution in [3.63, 3.8) is 0 Å². The second-order valence-electron chi connectivity index (χ2n) is 6.58. The lowest BCUT2D eigenvalue weighted by molar-refractivity contribution is 0.102. The highest BCUT2D eigenvalue weighted by Gasteiger charge is 2.15. The van der Waals surface area contributed by atoms with E-state index < -0.39 is 0 Å². The van der Waals surface area contributed by atoms with E-state index in [9.17, 15) is 4.79 Å². The molecule has 0 saturated heterocycles. The first-order chi connectivity index (χ1) is 14.6. The molecule has 4 aromatic rings. The molecular formula is C20H20N8OS. The van der Waals surface area contributed by atoms with Gasteiger partial charge in [0.05, 0.1) is 5.69 Å². The summed E-state index contributed by atoms with van der Waals surface area (Å²) in [6.45, 7) is 3.88. The molecule has 0 aliphatic heterocycles. The molecule has 0 fully saturated rings. The van der Waals surface area contributed by atoms with Gasteiger partial charge in [-0.05, 0) is 49.1 Å². The average Bonchev–Trinajstić information content (AvgIpc) is 3.41. The first kappa shape index (κ1) is 19.6. The Morgan fingerprint density at radius 2 is 1.97 bits per heavy atom. The van der Waals surface area contributed by atoms with Crippen LogP contribution >= 0.6 is 11.5 Å². The normalized spacial score (nSPS) is 10.7. The number of nitrogens with one attached hydrogen (secondary N) is 2. The number of hydrogen-bond acceptors (Lipinski definition) is 8. The molecule has 0 aliphatic carbocycles. The lowest BCUT2D eigenvalue weighted by atomic mass is 10.2. The molecule has 0 atom stereocenters. The number of benzene rings is 1. The highest BCUT2D eigenvalue weighted by molar-refractivity contribution is 7.08. The van der Waals surface area contributed by atoms with Gasteiger partial charge in [0.2, 0.25) is 0 Å². The fourth-order valence-electron chi connectivity index (χ4n) is 2.90. The van der Waals surface area contributed by atoms with Crippen molar-refractivity contribution in [1.82, 2.24) is 29.1 Å². The number of rotatable bonds is 7. The number of carbonyl (C=O) groups excluding carboxylic acids is 1. The topological polar surface area (TPSA) is 111 Å². The summed E-state index contributed by atoms with van der Waals surface area (Å²) in [5, 5.41) is 10.2. The van der Waals surface area contributed by atoms with Crippen molar-refractivity contribution < 1.29 is 4.79 Å². The number of carbonyl (C=O) groups is 1. The van der Waals surface area contributed by atoms with Crippen LogP contribution in [0.25, 0.3) is 5.82 Å². The Kier molecular flexibility index (Phi) is 5.75. The smallest absolute Gasteiger partial charge is 0.269 e. The molecule has 0 unspecified atom stereocenters. The van der Waals surface area contributed by atoms with Crippen LogP contribution in [0, 0.1) is 6.92 Å². The van der Waals surface area contributed by atoms with E-state index >= 15 is 0 Å². The summed E-state index contributed by atoms with van der Waals surface area (Å²) in [5.41, 5.74) is 2.28. The summed E-state index contributed by atoms with van der Waals surface area (Å²) < 4.78 is 5.72. The van der Waals surface area contributed by atoms with Gasteiger partial charge in [0.25, 0.3) is 5.91 Å². The molecule has 0 radical (unpaired) electrons. The molecule has 0 bridgehead atoms. The molecule has 0 saturated carbocycles. The van der Waals surface area contributed by atoms with E-state index in [0.29, 0.717) is 22.2 Å². The Balaban J connectivity index is 1.45. The third kappa shape index (κ3) is 4.49. The minimum Gasteiger partial charge on any atom is -0.340 e. The number of aromatic nitrogens is 6. The van der Waals surface area contributed by atoms with Crippen LogP contribution in [0.3, 0.4) is 0 Å². The SMILES string of the molecule is CCCc1nnsc1C(=O)Nc1ccc(Nc2cc(-n3ccnc3)nc(C)n2)cc1. The van der Waals surface area contributed by atoms with Crippen molar-refractivity contribution in [2.75, 3.05) is 10.6 Å². The van der Waals surface area contributed by atoms with Gasteiger partial charge in [0, 0.05) is 29.8 Å². The summed E-state index contributed by atoms with van der Waals surface area (Å²) in [6.07, 6.45) is 6.87. The number of nitrogens with zero attached hydrogens (tertiary/aromatic N) is 6. The molecule has 1 amide bonds. The number of anilines is 3. The van der Waals surface area contributed by atoms with Crippen molar-refractivity contribution in [2.45, 2.75) is 26.7 Å². The first-order valence-electron chi connectivity index (χ1n) is 9.46. The summed E-state index contributed by atoms with van der Waals surface area (Å²) in [4.78, 5) is 26.0. The fourth-order valence-corrected chi connectivity index (χ4v) is 3.50. The fraction of sp³-hybridized carbons (Fsp3) is 0.200. The predicted octanol–water partition coefficient (Wildman–Crippen LogP) is 3.77. The zero-order chi connectivity index (χ0) is 20.9. The van der Waals surface area contributed by atoms with Crippen LogP contribution in [-0.2, 0) is 6.42 Å². The highest BCUT2D eigenvalue weighted by atomic mass is 32.1. The molecule has 1 aromatic carbocycles. The summed E-state index contributed by atoms with van der Waals surface area (Å²) in [7, 11) is 0. The summed E-state index contributed by atoms with van der Waals surface area (Å²) >= 11 is 1.12. The predicted molar refractivity (Wildman–Crippen MR) is 115 cm³/mol. The number of amides is 1. The highest BCUT2D eigenvalue weighted by Crippen LogP contribution is 2.21. The average molecular weight is 421 g/mol. The van der Waals surface area contributed by atoms with Crippen molar-refractivity contribution in [3.05, 3.63) is 65.4 Å². The first-order valence-corrected chi connectivity index (χ1v) is 10.2. The van der Waals surface area contributed by atoms with Crippen LogP contribution in [0.2, 0.25) is 0 Å². The van der Waals surface area contributed by atoms with Gasteiger partial charge in [0.15, 0.2) is 0 Å². The van der Waals surface area contributed by atoms with Crippen LogP contribution < -0.4 is 10.6 Å². The van der Waals surface area contributed by atoms with Crippen LogP contribution in [-0.4, -0.2) is 35.0 Å². The van der Waals surface area contributed by atoms with E-state index in [0.717, 1.165) is 41.6 Å². The lowest BCUT2D eigenvalue weighted by Crippen LogP contribution is -2.12. The molecule has 10 heteroatoms. The second kappa shape index (κ2) is 8.78. The van der Waals surface area contributed by atoms with Gasteiger partial charge in [0.1, 0.15) is 28.7 Å². The molecule has 2 N–H and O–H groups in total. The Labute approximate surface area is 177 Å². The van der Waals surface area contributed by atoms with E-state index in [1.54, 1.807) is 12.5 Å². The Morgan fingerprint density at radius 1 is 1.17 bits per heavy atom. The minimum atomic E-state index is -0.189.